The van der Waals surface area contributed by atoms with Crippen molar-refractivity contribution >= 4 is 27.5 Å². The molecule has 1 nitrogen and oxygen atoms in total. The number of nitrogens with two attached hydrogens (primary N) is 1. The van der Waals surface area contributed by atoms with Crippen molar-refractivity contribution in [1.82, 2.24) is 0 Å². The van der Waals surface area contributed by atoms with Crippen molar-refractivity contribution in [2.24, 2.45) is 5.73 Å². The number of rotatable bonds is 2. The lowest BCUT2D eigenvalue weighted by Gasteiger charge is -2.15. The molecule has 1 atom stereocenters. The Kier molecular flexibility index (Phi) is 4.05. The highest BCUT2D eigenvalue weighted by Crippen LogP contribution is 2.30. The summed E-state index contributed by atoms with van der Waals surface area (Å²) in [5.74, 6) is -0.226. The van der Waals surface area contributed by atoms with Gasteiger partial charge in [-0.25, -0.2) is 4.39 Å². The van der Waals surface area contributed by atoms with Crippen LogP contribution in [0.3, 0.4) is 0 Å². The van der Waals surface area contributed by atoms with E-state index in [9.17, 15) is 4.39 Å². The summed E-state index contributed by atoms with van der Waals surface area (Å²) in [7, 11) is 0. The SMILES string of the molecule is Cc1cc(C(N)c2cc(Cl)ccc2Br)ccc1F. The third-order valence-corrected chi connectivity index (χ3v) is 3.79. The average Bonchev–Trinajstić information content (AvgIpc) is 2.35. The first-order chi connectivity index (χ1) is 8.49. The zero-order chi connectivity index (χ0) is 13.3. The van der Waals surface area contributed by atoms with Crippen LogP contribution in [0.4, 0.5) is 4.39 Å². The number of hydrogen-bond donors (Lipinski definition) is 1. The second-order valence-corrected chi connectivity index (χ2v) is 5.44. The van der Waals surface area contributed by atoms with Crippen molar-refractivity contribution in [2.45, 2.75) is 13.0 Å². The van der Waals surface area contributed by atoms with Gasteiger partial charge in [-0.1, -0.05) is 39.7 Å². The number of aryl methyl sites for hydroxylation is 1. The molecule has 2 aromatic carbocycles. The molecule has 2 aromatic rings. The van der Waals surface area contributed by atoms with E-state index in [2.05, 4.69) is 15.9 Å². The fraction of sp³-hybridized carbons (Fsp3) is 0.143. The van der Waals surface area contributed by atoms with E-state index in [0.29, 0.717) is 10.6 Å². The first-order valence-corrected chi connectivity index (χ1v) is 6.62. The molecule has 0 saturated heterocycles. The highest BCUT2D eigenvalue weighted by atomic mass is 79.9. The Morgan fingerprint density at radius 1 is 1.22 bits per heavy atom. The van der Waals surface area contributed by atoms with Gasteiger partial charge in [0.2, 0.25) is 0 Å². The van der Waals surface area contributed by atoms with Crippen molar-refractivity contribution in [3.8, 4) is 0 Å². The molecule has 1 unspecified atom stereocenters. The maximum absolute atomic E-state index is 13.2. The van der Waals surface area contributed by atoms with Crippen molar-refractivity contribution in [3.63, 3.8) is 0 Å². The van der Waals surface area contributed by atoms with Crippen molar-refractivity contribution in [2.75, 3.05) is 0 Å². The average molecular weight is 329 g/mol. The van der Waals surface area contributed by atoms with Gasteiger partial charge < -0.3 is 5.73 Å². The van der Waals surface area contributed by atoms with Gasteiger partial charge in [-0.2, -0.15) is 0 Å². The molecular weight excluding hydrogens is 317 g/mol. The molecule has 0 aliphatic rings. The highest BCUT2D eigenvalue weighted by molar-refractivity contribution is 9.10. The molecule has 0 fully saturated rings. The third kappa shape index (κ3) is 2.74. The Bertz CT molecular complexity index is 586. The Balaban J connectivity index is 2.44. The van der Waals surface area contributed by atoms with Gasteiger partial charge in [0.1, 0.15) is 5.82 Å². The maximum atomic E-state index is 13.2. The Labute approximate surface area is 119 Å². The molecule has 0 spiro atoms. The Morgan fingerprint density at radius 3 is 2.61 bits per heavy atom. The summed E-state index contributed by atoms with van der Waals surface area (Å²) in [4.78, 5) is 0. The summed E-state index contributed by atoms with van der Waals surface area (Å²) in [5, 5.41) is 0.627. The van der Waals surface area contributed by atoms with E-state index in [1.807, 2.05) is 12.1 Å². The lowest BCUT2D eigenvalue weighted by Crippen LogP contribution is -2.13. The molecule has 0 bridgehead atoms. The number of hydrogen-bond acceptors (Lipinski definition) is 1. The van der Waals surface area contributed by atoms with Crippen molar-refractivity contribution in [1.29, 1.82) is 0 Å². The van der Waals surface area contributed by atoms with Crippen LogP contribution in [0.15, 0.2) is 40.9 Å². The van der Waals surface area contributed by atoms with Crippen LogP contribution in [0.5, 0.6) is 0 Å². The number of benzene rings is 2. The quantitative estimate of drug-likeness (QED) is 0.856. The molecule has 0 aromatic heterocycles. The molecule has 0 radical (unpaired) electrons. The highest BCUT2D eigenvalue weighted by Gasteiger charge is 2.13. The van der Waals surface area contributed by atoms with E-state index in [1.54, 1.807) is 25.1 Å². The molecule has 0 heterocycles. The monoisotopic (exact) mass is 327 g/mol. The van der Waals surface area contributed by atoms with Crippen LogP contribution in [-0.4, -0.2) is 0 Å². The summed E-state index contributed by atoms with van der Waals surface area (Å²) in [6, 6.07) is 10.0. The minimum Gasteiger partial charge on any atom is -0.320 e. The summed E-state index contributed by atoms with van der Waals surface area (Å²) in [5.41, 5.74) is 8.52. The fourth-order valence-electron chi connectivity index (χ4n) is 1.79. The summed E-state index contributed by atoms with van der Waals surface area (Å²) in [6.45, 7) is 1.72. The van der Waals surface area contributed by atoms with Crippen LogP contribution >= 0.6 is 27.5 Å². The maximum Gasteiger partial charge on any atom is 0.126 e. The summed E-state index contributed by atoms with van der Waals surface area (Å²) < 4.78 is 14.1. The van der Waals surface area contributed by atoms with Gasteiger partial charge in [-0.3, -0.25) is 0 Å². The second-order valence-electron chi connectivity index (χ2n) is 4.15. The minimum atomic E-state index is -0.336. The first-order valence-electron chi connectivity index (χ1n) is 5.45. The lowest BCUT2D eigenvalue weighted by molar-refractivity contribution is 0.617. The molecule has 2 rings (SSSR count). The van der Waals surface area contributed by atoms with Crippen LogP contribution in [-0.2, 0) is 0 Å². The smallest absolute Gasteiger partial charge is 0.126 e. The molecule has 18 heavy (non-hydrogen) atoms. The largest absolute Gasteiger partial charge is 0.320 e. The van der Waals surface area contributed by atoms with Gasteiger partial charge in [-0.15, -0.1) is 0 Å². The summed E-state index contributed by atoms with van der Waals surface area (Å²) >= 11 is 9.42. The van der Waals surface area contributed by atoms with Crippen LogP contribution in [0.2, 0.25) is 5.02 Å². The zero-order valence-corrected chi connectivity index (χ0v) is 12.1. The number of halogens is 3. The van der Waals surface area contributed by atoms with Gasteiger partial charge in [0, 0.05) is 9.50 Å². The van der Waals surface area contributed by atoms with Crippen LogP contribution in [0, 0.1) is 12.7 Å². The molecule has 0 aliphatic carbocycles. The molecule has 94 valence electrons. The van der Waals surface area contributed by atoms with E-state index in [1.165, 1.54) is 6.07 Å². The van der Waals surface area contributed by atoms with E-state index >= 15 is 0 Å². The van der Waals surface area contributed by atoms with Crippen LogP contribution < -0.4 is 5.73 Å². The topological polar surface area (TPSA) is 26.0 Å². The molecule has 0 saturated carbocycles. The second kappa shape index (κ2) is 5.39. The lowest BCUT2D eigenvalue weighted by atomic mass is 9.98. The molecule has 0 aliphatic heterocycles. The van der Waals surface area contributed by atoms with Gasteiger partial charge in [0.25, 0.3) is 0 Å². The Morgan fingerprint density at radius 2 is 1.94 bits per heavy atom. The summed E-state index contributed by atoms with van der Waals surface area (Å²) in [6.07, 6.45) is 0. The van der Waals surface area contributed by atoms with E-state index in [4.69, 9.17) is 17.3 Å². The van der Waals surface area contributed by atoms with Crippen molar-refractivity contribution in [3.05, 3.63) is 68.4 Å². The van der Waals surface area contributed by atoms with Crippen LogP contribution in [0.1, 0.15) is 22.7 Å². The van der Waals surface area contributed by atoms with Gasteiger partial charge in [0.15, 0.2) is 0 Å². The predicted octanol–water partition coefficient (Wildman–Crippen LogP) is 4.60. The standard InChI is InChI=1S/C14H12BrClFN/c1-8-6-9(2-5-13(8)17)14(18)11-7-10(16)3-4-12(11)15/h2-7,14H,18H2,1H3. The predicted molar refractivity (Wildman–Crippen MR) is 76.3 cm³/mol. The first kappa shape index (κ1) is 13.5. The fourth-order valence-corrected chi connectivity index (χ4v) is 2.47. The van der Waals surface area contributed by atoms with Gasteiger partial charge >= 0.3 is 0 Å². The van der Waals surface area contributed by atoms with Gasteiger partial charge in [0.05, 0.1) is 6.04 Å². The normalized spacial score (nSPS) is 12.5. The van der Waals surface area contributed by atoms with E-state index in [0.717, 1.165) is 15.6 Å². The van der Waals surface area contributed by atoms with E-state index in [-0.39, 0.29) is 11.9 Å². The van der Waals surface area contributed by atoms with E-state index < -0.39 is 0 Å². The molecular formula is C14H12BrClFN. The molecule has 4 heteroatoms. The molecule has 2 N–H and O–H groups in total. The third-order valence-electron chi connectivity index (χ3n) is 2.83. The zero-order valence-electron chi connectivity index (χ0n) is 9.75. The minimum absolute atomic E-state index is 0.226. The molecule has 0 amide bonds. The van der Waals surface area contributed by atoms with Crippen molar-refractivity contribution < 1.29 is 4.39 Å². The van der Waals surface area contributed by atoms with Crippen LogP contribution in [0.25, 0.3) is 0 Å². The van der Waals surface area contributed by atoms with Gasteiger partial charge in [-0.05, 0) is 47.9 Å². The Hall–Kier alpha value is -0.900.